The van der Waals surface area contributed by atoms with Crippen LogP contribution < -0.4 is 4.72 Å². The molecule has 1 rings (SSSR count). The van der Waals surface area contributed by atoms with Gasteiger partial charge in [-0.05, 0) is 26.8 Å². The van der Waals surface area contributed by atoms with Crippen molar-refractivity contribution in [3.05, 3.63) is 38.4 Å². The molecular formula is C11H13N3O8S. The van der Waals surface area contributed by atoms with Gasteiger partial charge in [-0.15, -0.1) is 0 Å². The quantitative estimate of drug-likeness (QED) is 0.636. The summed E-state index contributed by atoms with van der Waals surface area (Å²) in [6, 6.07) is 1.93. The average Bonchev–Trinajstić information content (AvgIpc) is 2.34. The summed E-state index contributed by atoms with van der Waals surface area (Å²) in [5.41, 5.74) is -2.68. The topological polar surface area (TPSA) is 159 Å². The number of sulfonamides is 1. The second kappa shape index (κ2) is 6.16. The highest BCUT2D eigenvalue weighted by Gasteiger charge is 2.31. The standard InChI is InChI=1S/C11H13N3O8S/c1-11(2,3)22-10(15)12-23(20,21)9-5-4-7(13(16)17)6-8(9)14(18)19/h4-6H,1-3H3,(H,12,15). The lowest BCUT2D eigenvalue weighted by molar-refractivity contribution is -0.396. The number of carbonyl (C=O) groups is 1. The molecule has 1 N–H and O–H groups in total. The molecule has 0 unspecified atom stereocenters. The molecule has 23 heavy (non-hydrogen) atoms. The summed E-state index contributed by atoms with van der Waals surface area (Å²) in [4.78, 5) is 30.2. The van der Waals surface area contributed by atoms with Crippen LogP contribution in [0.4, 0.5) is 16.2 Å². The number of nitro groups is 2. The van der Waals surface area contributed by atoms with Crippen LogP contribution in [0.3, 0.4) is 0 Å². The Morgan fingerprint density at radius 3 is 2.17 bits per heavy atom. The minimum absolute atomic E-state index is 0.490. The molecule has 0 aliphatic rings. The Hall–Kier alpha value is -2.76. The van der Waals surface area contributed by atoms with Crippen LogP contribution in [0, 0.1) is 20.2 Å². The molecule has 0 fully saturated rings. The predicted molar refractivity (Wildman–Crippen MR) is 76.3 cm³/mol. The van der Waals surface area contributed by atoms with E-state index in [2.05, 4.69) is 0 Å². The zero-order valence-corrected chi connectivity index (χ0v) is 13.1. The lowest BCUT2D eigenvalue weighted by Gasteiger charge is -2.19. The number of ether oxygens (including phenoxy) is 1. The molecule has 0 aliphatic carbocycles. The predicted octanol–water partition coefficient (Wildman–Crippen LogP) is 1.72. The zero-order valence-electron chi connectivity index (χ0n) is 12.3. The zero-order chi connectivity index (χ0) is 18.0. The molecule has 1 amide bonds. The number of hydrogen-bond acceptors (Lipinski definition) is 8. The molecule has 11 nitrogen and oxygen atoms in total. The number of non-ortho nitro benzene ring substituents is 1. The Bertz CT molecular complexity index is 766. The van der Waals surface area contributed by atoms with Gasteiger partial charge in [-0.2, -0.15) is 0 Å². The maximum absolute atomic E-state index is 12.0. The van der Waals surface area contributed by atoms with E-state index in [1.54, 1.807) is 0 Å². The number of carbonyl (C=O) groups excluding carboxylic acids is 1. The van der Waals surface area contributed by atoms with Gasteiger partial charge in [-0.3, -0.25) is 20.2 Å². The minimum Gasteiger partial charge on any atom is -0.443 e. The summed E-state index contributed by atoms with van der Waals surface area (Å²) in [5.74, 6) is 0. The van der Waals surface area contributed by atoms with Gasteiger partial charge in [0, 0.05) is 6.07 Å². The molecule has 0 saturated carbocycles. The van der Waals surface area contributed by atoms with Crippen molar-refractivity contribution in [3.63, 3.8) is 0 Å². The number of nitrogens with one attached hydrogen (secondary N) is 1. The Morgan fingerprint density at radius 1 is 1.17 bits per heavy atom. The van der Waals surface area contributed by atoms with E-state index in [9.17, 15) is 33.4 Å². The van der Waals surface area contributed by atoms with E-state index in [-0.39, 0.29) is 0 Å². The first-order valence-electron chi connectivity index (χ1n) is 6.02. The van der Waals surface area contributed by atoms with E-state index in [1.165, 1.54) is 25.5 Å². The Labute approximate surface area is 130 Å². The Kier molecular flexibility index (Phi) is 4.90. The monoisotopic (exact) mass is 347 g/mol. The Balaban J connectivity index is 3.25. The molecule has 0 aliphatic heterocycles. The maximum Gasteiger partial charge on any atom is 0.421 e. The molecular weight excluding hydrogens is 334 g/mol. The molecule has 0 bridgehead atoms. The summed E-state index contributed by atoms with van der Waals surface area (Å²) >= 11 is 0. The second-order valence-electron chi connectivity index (χ2n) is 5.27. The van der Waals surface area contributed by atoms with Crippen LogP contribution in [0.25, 0.3) is 0 Å². The summed E-state index contributed by atoms with van der Waals surface area (Å²) in [7, 11) is -4.64. The van der Waals surface area contributed by atoms with Crippen LogP contribution in [0.1, 0.15) is 20.8 Å². The van der Waals surface area contributed by atoms with Crippen molar-refractivity contribution in [1.29, 1.82) is 0 Å². The smallest absolute Gasteiger partial charge is 0.421 e. The fraction of sp³-hybridized carbons (Fsp3) is 0.364. The van der Waals surface area contributed by atoms with E-state index in [0.717, 1.165) is 6.07 Å². The first kappa shape index (κ1) is 18.3. The van der Waals surface area contributed by atoms with Gasteiger partial charge in [0.1, 0.15) is 5.60 Å². The number of nitro benzene ring substituents is 2. The van der Waals surface area contributed by atoms with Crippen LogP contribution >= 0.6 is 0 Å². The molecule has 0 aromatic heterocycles. The fourth-order valence-electron chi connectivity index (χ4n) is 1.45. The van der Waals surface area contributed by atoms with Crippen molar-refractivity contribution in [1.82, 2.24) is 4.72 Å². The third-order valence-electron chi connectivity index (χ3n) is 2.26. The highest BCUT2D eigenvalue weighted by atomic mass is 32.2. The largest absolute Gasteiger partial charge is 0.443 e. The van der Waals surface area contributed by atoms with Crippen molar-refractivity contribution < 1.29 is 27.8 Å². The van der Waals surface area contributed by atoms with Crippen LogP contribution in [0.5, 0.6) is 0 Å². The molecule has 0 radical (unpaired) electrons. The first-order chi connectivity index (χ1) is 10.3. The van der Waals surface area contributed by atoms with Crippen molar-refractivity contribution in [2.24, 2.45) is 0 Å². The number of rotatable bonds is 4. The molecule has 12 heteroatoms. The maximum atomic E-state index is 12.0. The normalized spacial score (nSPS) is 11.6. The molecule has 0 spiro atoms. The van der Waals surface area contributed by atoms with E-state index >= 15 is 0 Å². The van der Waals surface area contributed by atoms with Gasteiger partial charge in [0.05, 0.1) is 15.9 Å². The fourth-order valence-corrected chi connectivity index (χ4v) is 2.48. The lowest BCUT2D eigenvalue weighted by atomic mass is 10.2. The molecule has 0 saturated heterocycles. The van der Waals surface area contributed by atoms with Gasteiger partial charge in [0.15, 0.2) is 4.90 Å². The second-order valence-corrected chi connectivity index (χ2v) is 6.92. The van der Waals surface area contributed by atoms with Crippen molar-refractivity contribution in [3.8, 4) is 0 Å². The molecule has 1 aromatic rings. The summed E-state index contributed by atoms with van der Waals surface area (Å²) in [6.45, 7) is 4.48. The Morgan fingerprint density at radius 2 is 1.74 bits per heavy atom. The van der Waals surface area contributed by atoms with Gasteiger partial charge >= 0.3 is 6.09 Å². The van der Waals surface area contributed by atoms with E-state index in [0.29, 0.717) is 12.1 Å². The summed E-state index contributed by atoms with van der Waals surface area (Å²) in [6.07, 6.45) is -1.33. The number of benzene rings is 1. The number of hydrogen-bond donors (Lipinski definition) is 1. The van der Waals surface area contributed by atoms with E-state index in [4.69, 9.17) is 4.74 Å². The number of nitrogens with zero attached hydrogens (tertiary/aromatic N) is 2. The molecule has 1 aromatic carbocycles. The minimum atomic E-state index is -4.64. The number of amides is 1. The summed E-state index contributed by atoms with van der Waals surface area (Å²) < 4.78 is 30.4. The SMILES string of the molecule is CC(C)(C)OC(=O)NS(=O)(=O)c1ccc([N+](=O)[O-])cc1[N+](=O)[O-]. The first-order valence-corrected chi connectivity index (χ1v) is 7.50. The third-order valence-corrected chi connectivity index (χ3v) is 3.62. The van der Waals surface area contributed by atoms with Crippen molar-refractivity contribution in [2.45, 2.75) is 31.3 Å². The van der Waals surface area contributed by atoms with Gasteiger partial charge in [0.2, 0.25) is 0 Å². The van der Waals surface area contributed by atoms with E-state index < -0.39 is 47.8 Å². The third kappa shape index (κ3) is 4.88. The van der Waals surface area contributed by atoms with Gasteiger partial charge < -0.3 is 4.74 Å². The van der Waals surface area contributed by atoms with E-state index in [1.807, 2.05) is 0 Å². The van der Waals surface area contributed by atoms with Gasteiger partial charge in [0.25, 0.3) is 21.4 Å². The van der Waals surface area contributed by atoms with Crippen LogP contribution in [-0.4, -0.2) is 30.0 Å². The molecule has 126 valence electrons. The summed E-state index contributed by atoms with van der Waals surface area (Å²) in [5, 5.41) is 21.5. The highest BCUT2D eigenvalue weighted by molar-refractivity contribution is 7.90. The van der Waals surface area contributed by atoms with Crippen molar-refractivity contribution in [2.75, 3.05) is 0 Å². The highest BCUT2D eigenvalue weighted by Crippen LogP contribution is 2.28. The van der Waals surface area contributed by atoms with Crippen LogP contribution in [-0.2, 0) is 14.8 Å². The average molecular weight is 347 g/mol. The molecule has 0 atom stereocenters. The molecule has 0 heterocycles. The van der Waals surface area contributed by atoms with Crippen LogP contribution in [0.2, 0.25) is 0 Å². The lowest BCUT2D eigenvalue weighted by Crippen LogP contribution is -2.36. The van der Waals surface area contributed by atoms with Crippen LogP contribution in [0.15, 0.2) is 23.1 Å². The van der Waals surface area contributed by atoms with Crippen molar-refractivity contribution >= 4 is 27.5 Å². The van der Waals surface area contributed by atoms with Gasteiger partial charge in [-0.1, -0.05) is 0 Å². The van der Waals surface area contributed by atoms with Gasteiger partial charge in [-0.25, -0.2) is 17.9 Å².